The fraction of sp³-hybridized carbons (Fsp3) is 0.100. The summed E-state index contributed by atoms with van der Waals surface area (Å²) in [4.78, 5) is 22.8. The second-order valence-electron chi connectivity index (χ2n) is 5.84. The summed E-state index contributed by atoms with van der Waals surface area (Å²) in [6.07, 6.45) is 0. The van der Waals surface area contributed by atoms with Crippen LogP contribution in [-0.4, -0.2) is 22.5 Å². The molecule has 9 heteroatoms. The van der Waals surface area contributed by atoms with E-state index in [0.29, 0.717) is 23.6 Å². The molecule has 0 saturated heterocycles. The number of hydrogen-bond donors (Lipinski definition) is 2. The van der Waals surface area contributed by atoms with Crippen molar-refractivity contribution >= 4 is 34.6 Å². The van der Waals surface area contributed by atoms with Crippen LogP contribution >= 0.6 is 12.2 Å². The van der Waals surface area contributed by atoms with Gasteiger partial charge in [0.15, 0.2) is 10.9 Å². The lowest BCUT2D eigenvalue weighted by atomic mass is 10.1. The zero-order chi connectivity index (χ0) is 20.8. The number of hydrogen-bond acceptors (Lipinski definition) is 6. The summed E-state index contributed by atoms with van der Waals surface area (Å²) in [6.45, 7) is 2.47. The van der Waals surface area contributed by atoms with Gasteiger partial charge in [-0.1, -0.05) is 12.1 Å². The molecule has 0 fully saturated rings. The topological polar surface area (TPSA) is 107 Å². The van der Waals surface area contributed by atoms with Gasteiger partial charge in [-0.25, -0.2) is 0 Å². The molecular formula is C20H17N3O5S. The molecule has 0 spiro atoms. The van der Waals surface area contributed by atoms with Crippen molar-refractivity contribution < 1.29 is 18.9 Å². The minimum atomic E-state index is -0.537. The van der Waals surface area contributed by atoms with Crippen molar-refractivity contribution in [3.05, 3.63) is 76.5 Å². The van der Waals surface area contributed by atoms with Crippen LogP contribution in [0.25, 0.3) is 11.3 Å². The standard InChI is InChI=1S/C20H17N3O5S/c1-2-27-16-8-6-14(7-9-16)21-20(29)22-19(24)18-11-10-17(28-18)13-4-3-5-15(12-13)23(25)26/h3-12H,2H2,1H3,(H2,21,22,24,29). The Labute approximate surface area is 171 Å². The molecule has 0 aliphatic rings. The van der Waals surface area contributed by atoms with E-state index in [1.807, 2.05) is 6.92 Å². The smallest absolute Gasteiger partial charge is 0.293 e. The van der Waals surface area contributed by atoms with Crippen molar-refractivity contribution in [2.45, 2.75) is 6.92 Å². The lowest BCUT2D eigenvalue weighted by molar-refractivity contribution is -0.384. The molecule has 0 aliphatic heterocycles. The summed E-state index contributed by atoms with van der Waals surface area (Å²) in [6, 6.07) is 16.1. The normalized spacial score (nSPS) is 10.2. The fourth-order valence-corrected chi connectivity index (χ4v) is 2.73. The maximum atomic E-state index is 12.3. The molecule has 3 rings (SSSR count). The second-order valence-corrected chi connectivity index (χ2v) is 6.25. The highest BCUT2D eigenvalue weighted by Gasteiger charge is 2.15. The van der Waals surface area contributed by atoms with Gasteiger partial charge in [0, 0.05) is 23.4 Å². The van der Waals surface area contributed by atoms with Crippen LogP contribution in [0.15, 0.2) is 65.1 Å². The van der Waals surface area contributed by atoms with Crippen molar-refractivity contribution in [3.8, 4) is 17.1 Å². The number of benzene rings is 2. The molecule has 3 aromatic rings. The average Bonchev–Trinajstić information content (AvgIpc) is 3.20. The van der Waals surface area contributed by atoms with Gasteiger partial charge >= 0.3 is 0 Å². The van der Waals surface area contributed by atoms with E-state index in [2.05, 4.69) is 10.6 Å². The Hall–Kier alpha value is -3.72. The maximum absolute atomic E-state index is 12.3. The summed E-state index contributed by atoms with van der Waals surface area (Å²) >= 11 is 5.15. The highest BCUT2D eigenvalue weighted by molar-refractivity contribution is 7.80. The number of ether oxygens (including phenoxy) is 1. The summed E-state index contributed by atoms with van der Waals surface area (Å²) in [7, 11) is 0. The average molecular weight is 411 g/mol. The Morgan fingerprint density at radius 2 is 1.93 bits per heavy atom. The number of thiocarbonyl (C=S) groups is 1. The molecule has 1 heterocycles. The van der Waals surface area contributed by atoms with E-state index in [1.54, 1.807) is 42.5 Å². The van der Waals surface area contributed by atoms with Crippen molar-refractivity contribution in [3.63, 3.8) is 0 Å². The number of nitrogens with one attached hydrogen (secondary N) is 2. The van der Waals surface area contributed by atoms with Crippen LogP contribution in [0.3, 0.4) is 0 Å². The molecule has 0 unspecified atom stereocenters. The molecule has 8 nitrogen and oxygen atoms in total. The van der Waals surface area contributed by atoms with Crippen LogP contribution in [0.2, 0.25) is 0 Å². The van der Waals surface area contributed by atoms with Crippen LogP contribution in [0.1, 0.15) is 17.5 Å². The van der Waals surface area contributed by atoms with Crippen molar-refractivity contribution in [1.82, 2.24) is 5.32 Å². The summed E-state index contributed by atoms with van der Waals surface area (Å²) in [5.41, 5.74) is 1.12. The number of non-ortho nitro benzene ring substituents is 1. The summed E-state index contributed by atoms with van der Waals surface area (Å²) < 4.78 is 10.9. The Balaban J connectivity index is 1.63. The number of nitro benzene ring substituents is 1. The highest BCUT2D eigenvalue weighted by Crippen LogP contribution is 2.25. The number of carbonyl (C=O) groups excluding carboxylic acids is 1. The van der Waals surface area contributed by atoms with Gasteiger partial charge in [-0.05, 0) is 55.5 Å². The first kappa shape index (κ1) is 20.0. The van der Waals surface area contributed by atoms with Crippen molar-refractivity contribution in [2.24, 2.45) is 0 Å². The fourth-order valence-electron chi connectivity index (χ4n) is 2.52. The minimum absolute atomic E-state index is 0.0300. The Bertz CT molecular complexity index is 1050. The van der Waals surface area contributed by atoms with E-state index in [4.69, 9.17) is 21.4 Å². The molecular weight excluding hydrogens is 394 g/mol. The maximum Gasteiger partial charge on any atom is 0.293 e. The van der Waals surface area contributed by atoms with E-state index in [9.17, 15) is 14.9 Å². The number of furan rings is 1. The zero-order valence-corrected chi connectivity index (χ0v) is 16.2. The molecule has 0 atom stereocenters. The highest BCUT2D eigenvalue weighted by atomic mass is 32.1. The third-order valence-corrected chi connectivity index (χ3v) is 4.03. The number of amides is 1. The number of rotatable bonds is 6. The van der Waals surface area contributed by atoms with Crippen LogP contribution in [0, 0.1) is 10.1 Å². The van der Waals surface area contributed by atoms with Crippen LogP contribution in [-0.2, 0) is 0 Å². The lowest BCUT2D eigenvalue weighted by Gasteiger charge is -2.09. The molecule has 148 valence electrons. The number of carbonyl (C=O) groups is 1. The van der Waals surface area contributed by atoms with E-state index < -0.39 is 10.8 Å². The first-order valence-corrected chi connectivity index (χ1v) is 9.07. The molecule has 0 aliphatic carbocycles. The van der Waals surface area contributed by atoms with E-state index in [-0.39, 0.29) is 16.6 Å². The first-order chi connectivity index (χ1) is 14.0. The molecule has 1 aromatic heterocycles. The lowest BCUT2D eigenvalue weighted by Crippen LogP contribution is -2.33. The van der Waals surface area contributed by atoms with Gasteiger partial charge in [0.1, 0.15) is 11.5 Å². The molecule has 1 amide bonds. The minimum Gasteiger partial charge on any atom is -0.494 e. The van der Waals surface area contributed by atoms with Gasteiger partial charge < -0.3 is 14.5 Å². The van der Waals surface area contributed by atoms with Gasteiger partial charge in [0.05, 0.1) is 11.5 Å². The van der Waals surface area contributed by atoms with E-state index in [1.165, 1.54) is 18.2 Å². The van der Waals surface area contributed by atoms with Gasteiger partial charge in [-0.2, -0.15) is 0 Å². The quantitative estimate of drug-likeness (QED) is 0.352. The Morgan fingerprint density at radius 1 is 1.17 bits per heavy atom. The monoisotopic (exact) mass is 411 g/mol. The Kier molecular flexibility index (Phi) is 6.20. The van der Waals surface area contributed by atoms with Crippen molar-refractivity contribution in [1.29, 1.82) is 0 Å². The zero-order valence-electron chi connectivity index (χ0n) is 15.4. The van der Waals surface area contributed by atoms with Crippen LogP contribution in [0.5, 0.6) is 5.75 Å². The SMILES string of the molecule is CCOc1ccc(NC(=S)NC(=O)c2ccc(-c3cccc([N+](=O)[O-])c3)o2)cc1. The molecule has 0 saturated carbocycles. The third-order valence-electron chi connectivity index (χ3n) is 3.82. The predicted octanol–water partition coefficient (Wildman–Crippen LogP) is 4.38. The molecule has 2 N–H and O–H groups in total. The summed E-state index contributed by atoms with van der Waals surface area (Å²) in [5, 5.41) is 16.4. The largest absolute Gasteiger partial charge is 0.494 e. The van der Waals surface area contributed by atoms with Gasteiger partial charge in [-0.3, -0.25) is 20.2 Å². The second kappa shape index (κ2) is 8.98. The van der Waals surface area contributed by atoms with Crippen LogP contribution in [0.4, 0.5) is 11.4 Å². The van der Waals surface area contributed by atoms with E-state index >= 15 is 0 Å². The van der Waals surface area contributed by atoms with E-state index in [0.717, 1.165) is 5.75 Å². The molecule has 0 radical (unpaired) electrons. The van der Waals surface area contributed by atoms with Crippen molar-refractivity contribution in [2.75, 3.05) is 11.9 Å². The van der Waals surface area contributed by atoms with Crippen LogP contribution < -0.4 is 15.4 Å². The molecule has 0 bridgehead atoms. The number of anilines is 1. The number of nitrogens with zero attached hydrogens (tertiary/aromatic N) is 1. The Morgan fingerprint density at radius 3 is 2.62 bits per heavy atom. The first-order valence-electron chi connectivity index (χ1n) is 8.66. The van der Waals surface area contributed by atoms with Gasteiger partial charge in [0.25, 0.3) is 11.6 Å². The molecule has 2 aromatic carbocycles. The number of nitro groups is 1. The summed E-state index contributed by atoms with van der Waals surface area (Å²) in [5.74, 6) is 0.564. The molecule has 29 heavy (non-hydrogen) atoms. The third kappa shape index (κ3) is 5.17. The predicted molar refractivity (Wildman–Crippen MR) is 112 cm³/mol. The van der Waals surface area contributed by atoms with Gasteiger partial charge in [0.2, 0.25) is 0 Å². The van der Waals surface area contributed by atoms with Gasteiger partial charge in [-0.15, -0.1) is 0 Å².